The van der Waals surface area contributed by atoms with E-state index in [4.69, 9.17) is 0 Å². The Morgan fingerprint density at radius 1 is 1.33 bits per heavy atom. The van der Waals surface area contributed by atoms with E-state index in [-0.39, 0.29) is 0 Å². The van der Waals surface area contributed by atoms with Gasteiger partial charge < -0.3 is 4.98 Å². The van der Waals surface area contributed by atoms with Gasteiger partial charge in [-0.2, -0.15) is 0 Å². The standard InChI is InChI=1S/C12H12N2S/c1-2-8-15-12-13-9-11(14-12)10-6-4-3-5-7-10/h2-7,9H,1,8H2,(H,13,14). The highest BCUT2D eigenvalue weighted by Crippen LogP contribution is 2.20. The van der Waals surface area contributed by atoms with Crippen LogP contribution in [0.1, 0.15) is 0 Å². The van der Waals surface area contributed by atoms with Crippen molar-refractivity contribution in [2.75, 3.05) is 5.75 Å². The summed E-state index contributed by atoms with van der Waals surface area (Å²) >= 11 is 1.65. The predicted octanol–water partition coefficient (Wildman–Crippen LogP) is 3.35. The highest BCUT2D eigenvalue weighted by Gasteiger charge is 2.01. The summed E-state index contributed by atoms with van der Waals surface area (Å²) in [6, 6.07) is 10.2. The van der Waals surface area contributed by atoms with E-state index in [1.807, 2.05) is 30.5 Å². The maximum absolute atomic E-state index is 4.29. The largest absolute Gasteiger partial charge is 0.333 e. The van der Waals surface area contributed by atoms with E-state index in [2.05, 4.69) is 28.7 Å². The molecular formula is C12H12N2S. The molecule has 1 aromatic heterocycles. The summed E-state index contributed by atoms with van der Waals surface area (Å²) in [5.74, 6) is 0.877. The molecule has 0 aliphatic heterocycles. The van der Waals surface area contributed by atoms with Gasteiger partial charge in [-0.1, -0.05) is 48.2 Å². The zero-order chi connectivity index (χ0) is 10.5. The van der Waals surface area contributed by atoms with E-state index >= 15 is 0 Å². The van der Waals surface area contributed by atoms with Gasteiger partial charge in [0.05, 0.1) is 11.9 Å². The second-order valence-electron chi connectivity index (χ2n) is 3.07. The topological polar surface area (TPSA) is 28.7 Å². The lowest BCUT2D eigenvalue weighted by Gasteiger charge is -1.95. The van der Waals surface area contributed by atoms with Crippen molar-refractivity contribution >= 4 is 11.8 Å². The summed E-state index contributed by atoms with van der Waals surface area (Å²) in [5, 5.41) is 0.939. The van der Waals surface area contributed by atoms with Crippen LogP contribution < -0.4 is 0 Å². The summed E-state index contributed by atoms with van der Waals surface area (Å²) in [5.41, 5.74) is 2.22. The minimum Gasteiger partial charge on any atom is -0.333 e. The molecule has 15 heavy (non-hydrogen) atoms. The first-order chi connectivity index (χ1) is 7.40. The Labute approximate surface area is 93.4 Å². The number of aromatic amines is 1. The summed E-state index contributed by atoms with van der Waals surface area (Å²) in [6.07, 6.45) is 3.73. The van der Waals surface area contributed by atoms with Crippen LogP contribution in [-0.4, -0.2) is 15.7 Å². The third-order valence-corrected chi connectivity index (χ3v) is 2.86. The average molecular weight is 216 g/mol. The molecule has 1 aromatic carbocycles. The van der Waals surface area contributed by atoms with Crippen molar-refractivity contribution in [2.24, 2.45) is 0 Å². The molecule has 0 spiro atoms. The summed E-state index contributed by atoms with van der Waals surface area (Å²) in [7, 11) is 0. The van der Waals surface area contributed by atoms with Crippen LogP contribution in [-0.2, 0) is 0 Å². The lowest BCUT2D eigenvalue weighted by Crippen LogP contribution is -1.77. The summed E-state index contributed by atoms with van der Waals surface area (Å²) < 4.78 is 0. The highest BCUT2D eigenvalue weighted by molar-refractivity contribution is 7.99. The smallest absolute Gasteiger partial charge is 0.166 e. The summed E-state index contributed by atoms with van der Waals surface area (Å²) in [6.45, 7) is 3.68. The quantitative estimate of drug-likeness (QED) is 0.627. The lowest BCUT2D eigenvalue weighted by molar-refractivity contribution is 1.06. The first-order valence-corrected chi connectivity index (χ1v) is 5.73. The van der Waals surface area contributed by atoms with Gasteiger partial charge in [-0.3, -0.25) is 0 Å². The maximum atomic E-state index is 4.29. The number of H-pyrrole nitrogens is 1. The molecule has 0 aliphatic carbocycles. The van der Waals surface area contributed by atoms with Gasteiger partial charge >= 0.3 is 0 Å². The molecule has 0 unspecified atom stereocenters. The van der Waals surface area contributed by atoms with Gasteiger partial charge in [0.15, 0.2) is 5.16 Å². The Kier molecular flexibility index (Phi) is 3.25. The fourth-order valence-electron chi connectivity index (χ4n) is 1.28. The minimum absolute atomic E-state index is 0.877. The van der Waals surface area contributed by atoms with E-state index in [0.717, 1.165) is 22.2 Å². The van der Waals surface area contributed by atoms with Crippen molar-refractivity contribution in [1.82, 2.24) is 9.97 Å². The highest BCUT2D eigenvalue weighted by atomic mass is 32.2. The number of hydrogen-bond acceptors (Lipinski definition) is 2. The number of hydrogen-bond donors (Lipinski definition) is 1. The molecule has 0 aliphatic rings. The van der Waals surface area contributed by atoms with Gasteiger partial charge in [0, 0.05) is 5.75 Å². The van der Waals surface area contributed by atoms with Crippen molar-refractivity contribution in [1.29, 1.82) is 0 Å². The number of nitrogens with zero attached hydrogens (tertiary/aromatic N) is 1. The number of rotatable bonds is 4. The van der Waals surface area contributed by atoms with Crippen LogP contribution >= 0.6 is 11.8 Å². The van der Waals surface area contributed by atoms with E-state index in [9.17, 15) is 0 Å². The van der Waals surface area contributed by atoms with Crippen molar-refractivity contribution in [3.63, 3.8) is 0 Å². The molecule has 0 saturated carbocycles. The second kappa shape index (κ2) is 4.84. The van der Waals surface area contributed by atoms with Gasteiger partial charge in [0.1, 0.15) is 0 Å². The molecule has 0 bridgehead atoms. The Balaban J connectivity index is 2.17. The zero-order valence-corrected chi connectivity index (χ0v) is 9.13. The fraction of sp³-hybridized carbons (Fsp3) is 0.0833. The SMILES string of the molecule is C=CCSc1ncc(-c2ccccc2)[nH]1. The van der Waals surface area contributed by atoms with E-state index in [1.54, 1.807) is 11.8 Å². The van der Waals surface area contributed by atoms with Crippen LogP contribution in [0.4, 0.5) is 0 Å². The number of imidazole rings is 1. The number of thioether (sulfide) groups is 1. The van der Waals surface area contributed by atoms with E-state index in [1.165, 1.54) is 0 Å². The molecular weight excluding hydrogens is 204 g/mol. The lowest BCUT2D eigenvalue weighted by atomic mass is 10.2. The van der Waals surface area contributed by atoms with E-state index in [0.29, 0.717) is 0 Å². The predicted molar refractivity (Wildman–Crippen MR) is 64.9 cm³/mol. The fourth-order valence-corrected chi connectivity index (χ4v) is 1.86. The zero-order valence-electron chi connectivity index (χ0n) is 8.31. The first kappa shape index (κ1) is 10.1. The average Bonchev–Trinajstić information content (AvgIpc) is 2.76. The van der Waals surface area contributed by atoms with Crippen molar-refractivity contribution in [3.8, 4) is 11.3 Å². The normalized spacial score (nSPS) is 10.1. The number of benzene rings is 1. The molecule has 0 fully saturated rings. The molecule has 0 amide bonds. The van der Waals surface area contributed by atoms with Crippen molar-refractivity contribution in [2.45, 2.75) is 5.16 Å². The van der Waals surface area contributed by atoms with Crippen LogP contribution in [0.3, 0.4) is 0 Å². The third-order valence-electron chi connectivity index (χ3n) is 1.98. The van der Waals surface area contributed by atoms with Crippen LogP contribution in [0.15, 0.2) is 54.3 Å². The Bertz CT molecular complexity index is 434. The van der Waals surface area contributed by atoms with Gasteiger partial charge in [-0.25, -0.2) is 4.98 Å². The Hall–Kier alpha value is -1.48. The van der Waals surface area contributed by atoms with Crippen molar-refractivity contribution in [3.05, 3.63) is 49.2 Å². The first-order valence-electron chi connectivity index (χ1n) is 4.74. The van der Waals surface area contributed by atoms with Gasteiger partial charge in [0.2, 0.25) is 0 Å². The van der Waals surface area contributed by atoms with Crippen LogP contribution in [0, 0.1) is 0 Å². The molecule has 76 valence electrons. The van der Waals surface area contributed by atoms with Crippen LogP contribution in [0.2, 0.25) is 0 Å². The monoisotopic (exact) mass is 216 g/mol. The van der Waals surface area contributed by atoms with E-state index < -0.39 is 0 Å². The van der Waals surface area contributed by atoms with Crippen LogP contribution in [0.25, 0.3) is 11.3 Å². The minimum atomic E-state index is 0.877. The third kappa shape index (κ3) is 2.50. The van der Waals surface area contributed by atoms with Crippen LogP contribution in [0.5, 0.6) is 0 Å². The summed E-state index contributed by atoms with van der Waals surface area (Å²) in [4.78, 5) is 7.56. The Morgan fingerprint density at radius 2 is 2.13 bits per heavy atom. The molecule has 0 saturated heterocycles. The molecule has 2 aromatic rings. The molecule has 0 radical (unpaired) electrons. The van der Waals surface area contributed by atoms with Gasteiger partial charge in [0.25, 0.3) is 0 Å². The molecule has 2 nitrogen and oxygen atoms in total. The molecule has 1 heterocycles. The second-order valence-corrected chi connectivity index (χ2v) is 4.08. The Morgan fingerprint density at radius 3 is 2.87 bits per heavy atom. The molecule has 0 atom stereocenters. The number of nitrogens with one attached hydrogen (secondary N) is 1. The molecule has 1 N–H and O–H groups in total. The molecule has 2 rings (SSSR count). The molecule has 3 heteroatoms. The van der Waals surface area contributed by atoms with Crippen molar-refractivity contribution < 1.29 is 0 Å². The maximum Gasteiger partial charge on any atom is 0.166 e. The number of aromatic nitrogens is 2. The van der Waals surface area contributed by atoms with Gasteiger partial charge in [-0.05, 0) is 5.56 Å². The van der Waals surface area contributed by atoms with Gasteiger partial charge in [-0.15, -0.1) is 6.58 Å².